The number of hydrogen-bond acceptors (Lipinski definition) is 4. The zero-order valence-corrected chi connectivity index (χ0v) is 18.0. The smallest absolute Gasteiger partial charge is 0.277 e. The van der Waals surface area contributed by atoms with Gasteiger partial charge in [0.1, 0.15) is 5.70 Å². The van der Waals surface area contributed by atoms with Crippen LogP contribution in [-0.2, 0) is 4.79 Å². The van der Waals surface area contributed by atoms with Crippen LogP contribution in [0.1, 0.15) is 44.6 Å². The van der Waals surface area contributed by atoms with Crippen molar-refractivity contribution in [3.8, 4) is 11.5 Å². The number of carbonyl (C=O) groups excluding carboxylic acids is 1. The van der Waals surface area contributed by atoms with Crippen molar-refractivity contribution < 1.29 is 14.6 Å². The van der Waals surface area contributed by atoms with Crippen molar-refractivity contribution in [1.29, 1.82) is 0 Å². The van der Waals surface area contributed by atoms with Gasteiger partial charge in [-0.15, -0.1) is 0 Å². The molecule has 1 N–H and O–H groups in total. The molecule has 2 fully saturated rings. The number of likely N-dealkylation sites (N-methyl/N-ethyl adjacent to an activating group) is 1. The molecule has 0 radical (unpaired) electrons. The van der Waals surface area contributed by atoms with Crippen LogP contribution >= 0.6 is 34.8 Å². The van der Waals surface area contributed by atoms with Crippen LogP contribution in [0.15, 0.2) is 17.8 Å². The Bertz CT molecular complexity index is 759. The molecule has 0 unspecified atom stereocenters. The van der Waals surface area contributed by atoms with E-state index in [0.29, 0.717) is 26.7 Å². The minimum Gasteiger partial charge on any atom is -0.504 e. The van der Waals surface area contributed by atoms with E-state index in [9.17, 15) is 9.90 Å². The molecule has 1 aliphatic heterocycles. The van der Waals surface area contributed by atoms with Gasteiger partial charge in [-0.05, 0) is 78.3 Å². The first-order chi connectivity index (χ1) is 12.4. The molecule has 0 bridgehead atoms. The van der Waals surface area contributed by atoms with Crippen molar-refractivity contribution in [1.82, 2.24) is 9.80 Å². The molecule has 1 aliphatic carbocycles. The van der Waals surface area contributed by atoms with Gasteiger partial charge in [0, 0.05) is 13.1 Å². The van der Waals surface area contributed by atoms with E-state index in [1.54, 1.807) is 15.9 Å². The van der Waals surface area contributed by atoms with Crippen molar-refractivity contribution in [3.63, 3.8) is 0 Å². The molecule has 2 aliphatic rings. The highest BCUT2D eigenvalue weighted by atomic mass is 127. The van der Waals surface area contributed by atoms with E-state index in [1.807, 2.05) is 26.1 Å². The highest BCUT2D eigenvalue weighted by Gasteiger charge is 2.40. The number of aromatic hydroxyl groups is 1. The third kappa shape index (κ3) is 3.69. The second-order valence-electron chi connectivity index (χ2n) is 6.62. The lowest BCUT2D eigenvalue weighted by Gasteiger charge is -2.30. The quantitative estimate of drug-likeness (QED) is 0.394. The van der Waals surface area contributed by atoms with E-state index < -0.39 is 0 Å². The average molecular weight is 486 g/mol. The van der Waals surface area contributed by atoms with E-state index >= 15 is 0 Å². The van der Waals surface area contributed by atoms with Crippen molar-refractivity contribution >= 4 is 51.9 Å². The number of nitrogens with zero attached hydrogens (tertiary/aromatic N) is 2. The first-order valence-corrected chi connectivity index (χ1v) is 10.4. The maximum absolute atomic E-state index is 13.0. The van der Waals surface area contributed by atoms with Crippen LogP contribution in [0.3, 0.4) is 0 Å². The number of benzene rings is 1. The molecular formula is C19H23IN2O3S. The molecule has 140 valence electrons. The number of ether oxygens (including phenoxy) is 1. The van der Waals surface area contributed by atoms with E-state index in [0.717, 1.165) is 31.2 Å². The molecule has 26 heavy (non-hydrogen) atoms. The first kappa shape index (κ1) is 19.4. The van der Waals surface area contributed by atoms with E-state index in [4.69, 9.17) is 17.0 Å². The number of phenolic OH excluding ortho intramolecular Hbond substituents is 1. The standard InChI is InChI=1S/C19H23IN2O3S/c1-3-25-16-11-12(9-14(20)17(16)23)10-15-18(24)22(19(26)21(15)2)13-7-5-4-6-8-13/h9-11,13,23H,3-8H2,1-2H3/b15-10-. The maximum Gasteiger partial charge on any atom is 0.277 e. The maximum atomic E-state index is 13.0. The van der Waals surface area contributed by atoms with E-state index in [1.165, 1.54) is 6.42 Å². The van der Waals surface area contributed by atoms with Gasteiger partial charge >= 0.3 is 0 Å². The van der Waals surface area contributed by atoms with Crippen LogP contribution < -0.4 is 4.74 Å². The van der Waals surface area contributed by atoms with Gasteiger partial charge in [-0.25, -0.2) is 0 Å². The summed E-state index contributed by atoms with van der Waals surface area (Å²) in [6, 6.07) is 3.79. The number of amides is 1. The van der Waals surface area contributed by atoms with Gasteiger partial charge in [-0.1, -0.05) is 19.3 Å². The summed E-state index contributed by atoms with van der Waals surface area (Å²) in [6.45, 7) is 2.33. The summed E-state index contributed by atoms with van der Waals surface area (Å²) in [6.07, 6.45) is 7.37. The van der Waals surface area contributed by atoms with Gasteiger partial charge < -0.3 is 14.7 Å². The summed E-state index contributed by atoms with van der Waals surface area (Å²) in [7, 11) is 1.84. The summed E-state index contributed by atoms with van der Waals surface area (Å²) in [4.78, 5) is 16.6. The fraction of sp³-hybridized carbons (Fsp3) is 0.474. The van der Waals surface area contributed by atoms with Crippen LogP contribution in [0.4, 0.5) is 0 Å². The monoisotopic (exact) mass is 486 g/mol. The molecular weight excluding hydrogens is 463 g/mol. The second-order valence-corrected chi connectivity index (χ2v) is 8.15. The summed E-state index contributed by atoms with van der Waals surface area (Å²) >= 11 is 7.61. The third-order valence-electron chi connectivity index (χ3n) is 4.89. The van der Waals surface area contributed by atoms with Gasteiger partial charge in [-0.2, -0.15) is 0 Å². The summed E-state index contributed by atoms with van der Waals surface area (Å²) in [5.74, 6) is 0.511. The Morgan fingerprint density at radius 1 is 1.35 bits per heavy atom. The minimum absolute atomic E-state index is 0.0366. The highest BCUT2D eigenvalue weighted by Crippen LogP contribution is 2.35. The summed E-state index contributed by atoms with van der Waals surface area (Å²) in [5.41, 5.74) is 1.36. The van der Waals surface area contributed by atoms with Crippen molar-refractivity contribution in [2.24, 2.45) is 0 Å². The summed E-state index contributed by atoms with van der Waals surface area (Å²) < 4.78 is 6.18. The number of carbonyl (C=O) groups is 1. The average Bonchev–Trinajstić information content (AvgIpc) is 2.83. The Morgan fingerprint density at radius 2 is 2.04 bits per heavy atom. The summed E-state index contributed by atoms with van der Waals surface area (Å²) in [5, 5.41) is 10.7. The van der Waals surface area contributed by atoms with Gasteiger partial charge in [0.05, 0.1) is 10.2 Å². The Labute approximate surface area is 173 Å². The Morgan fingerprint density at radius 3 is 2.69 bits per heavy atom. The molecule has 1 heterocycles. The van der Waals surface area contributed by atoms with Crippen LogP contribution in [0.25, 0.3) is 6.08 Å². The van der Waals surface area contributed by atoms with E-state index in [2.05, 4.69) is 22.6 Å². The molecule has 0 aromatic heterocycles. The number of rotatable bonds is 4. The fourth-order valence-corrected chi connectivity index (χ4v) is 4.49. The fourth-order valence-electron chi connectivity index (χ4n) is 3.54. The van der Waals surface area contributed by atoms with Crippen molar-refractivity contribution in [2.45, 2.75) is 45.1 Å². The molecule has 7 heteroatoms. The highest BCUT2D eigenvalue weighted by molar-refractivity contribution is 14.1. The molecule has 5 nitrogen and oxygen atoms in total. The van der Waals surface area contributed by atoms with Gasteiger partial charge in [0.2, 0.25) is 0 Å². The largest absolute Gasteiger partial charge is 0.504 e. The Hall–Kier alpha value is -1.35. The minimum atomic E-state index is -0.0366. The van der Waals surface area contributed by atoms with Gasteiger partial charge in [0.25, 0.3) is 5.91 Å². The normalized spacial score (nSPS) is 20.3. The molecule has 3 rings (SSSR count). The van der Waals surface area contributed by atoms with Crippen LogP contribution in [0.5, 0.6) is 11.5 Å². The molecule has 0 spiro atoms. The zero-order chi connectivity index (χ0) is 18.8. The Kier molecular flexibility index (Phi) is 6.06. The Balaban J connectivity index is 1.93. The molecule has 1 aromatic rings. The second kappa shape index (κ2) is 8.12. The lowest BCUT2D eigenvalue weighted by Crippen LogP contribution is -2.41. The van der Waals surface area contributed by atoms with Gasteiger partial charge in [0.15, 0.2) is 16.6 Å². The molecule has 0 atom stereocenters. The number of phenols is 1. The lowest BCUT2D eigenvalue weighted by atomic mass is 9.94. The number of hydrogen-bond donors (Lipinski definition) is 1. The van der Waals surface area contributed by atoms with Crippen LogP contribution in [0, 0.1) is 3.57 Å². The third-order valence-corrected chi connectivity index (χ3v) is 6.18. The number of halogens is 1. The molecule has 1 saturated heterocycles. The van der Waals surface area contributed by atoms with Crippen molar-refractivity contribution in [2.75, 3.05) is 13.7 Å². The molecule has 1 saturated carbocycles. The SMILES string of the molecule is CCOc1cc(/C=C2/C(=O)N(C3CCCCC3)C(=S)N2C)cc(I)c1O. The van der Waals surface area contributed by atoms with Crippen molar-refractivity contribution in [3.05, 3.63) is 27.0 Å². The molecule has 1 amide bonds. The first-order valence-electron chi connectivity index (χ1n) is 8.92. The van der Waals surface area contributed by atoms with Crippen LogP contribution in [-0.4, -0.2) is 45.6 Å². The van der Waals surface area contributed by atoms with Crippen LogP contribution in [0.2, 0.25) is 0 Å². The molecule has 1 aromatic carbocycles. The predicted octanol–water partition coefficient (Wildman–Crippen LogP) is 4.13. The van der Waals surface area contributed by atoms with Gasteiger partial charge in [-0.3, -0.25) is 9.69 Å². The number of thiocarbonyl (C=S) groups is 1. The zero-order valence-electron chi connectivity index (χ0n) is 15.0. The predicted molar refractivity (Wildman–Crippen MR) is 114 cm³/mol. The van der Waals surface area contributed by atoms with E-state index in [-0.39, 0.29) is 17.7 Å². The topological polar surface area (TPSA) is 53.0 Å². The lowest BCUT2D eigenvalue weighted by molar-refractivity contribution is -0.124.